The fourth-order valence-corrected chi connectivity index (χ4v) is 3.04. The van der Waals surface area contributed by atoms with Gasteiger partial charge in [-0.05, 0) is 82.9 Å². The Bertz CT molecular complexity index is 425. The van der Waals surface area contributed by atoms with E-state index in [0.29, 0.717) is 0 Å². The molecule has 0 spiro atoms. The Labute approximate surface area is 129 Å². The van der Waals surface area contributed by atoms with Crippen LogP contribution < -0.4 is 10.1 Å². The van der Waals surface area contributed by atoms with Crippen LogP contribution in [0.4, 0.5) is 0 Å². The van der Waals surface area contributed by atoms with Crippen LogP contribution in [-0.2, 0) is 0 Å². The molecule has 0 unspecified atom stereocenters. The van der Waals surface area contributed by atoms with E-state index in [2.05, 4.69) is 49.3 Å². The van der Waals surface area contributed by atoms with Gasteiger partial charge in [0.05, 0.1) is 6.61 Å². The molecule has 1 saturated heterocycles. The molecule has 0 aromatic heterocycles. The average molecular weight is 290 g/mol. The maximum Gasteiger partial charge on any atom is 0.122 e. The van der Waals surface area contributed by atoms with Crippen molar-refractivity contribution in [3.8, 4) is 5.75 Å². The second-order valence-corrected chi connectivity index (χ2v) is 6.31. The van der Waals surface area contributed by atoms with Crippen LogP contribution in [0.15, 0.2) is 18.2 Å². The molecule has 0 bridgehead atoms. The third-order valence-electron chi connectivity index (χ3n) is 4.42. The van der Waals surface area contributed by atoms with Crippen molar-refractivity contribution in [2.24, 2.45) is 5.92 Å². The van der Waals surface area contributed by atoms with Crippen molar-refractivity contribution in [1.29, 1.82) is 0 Å². The van der Waals surface area contributed by atoms with Crippen LogP contribution in [0.1, 0.15) is 30.4 Å². The van der Waals surface area contributed by atoms with Gasteiger partial charge in [0.1, 0.15) is 5.75 Å². The van der Waals surface area contributed by atoms with E-state index in [4.69, 9.17) is 4.74 Å². The van der Waals surface area contributed by atoms with Crippen molar-refractivity contribution >= 4 is 0 Å². The Morgan fingerprint density at radius 2 is 2.00 bits per heavy atom. The highest BCUT2D eigenvalue weighted by atomic mass is 16.5. The zero-order valence-electron chi connectivity index (χ0n) is 13.8. The lowest BCUT2D eigenvalue weighted by Crippen LogP contribution is -2.37. The average Bonchev–Trinajstić information content (AvgIpc) is 2.49. The third kappa shape index (κ3) is 5.33. The number of piperidine rings is 1. The molecule has 3 nitrogen and oxygen atoms in total. The molecule has 0 saturated carbocycles. The van der Waals surface area contributed by atoms with Crippen LogP contribution in [0, 0.1) is 19.8 Å². The monoisotopic (exact) mass is 290 g/mol. The second-order valence-electron chi connectivity index (χ2n) is 6.31. The lowest BCUT2D eigenvalue weighted by molar-refractivity contribution is 0.170. The van der Waals surface area contributed by atoms with Crippen LogP contribution in [0.2, 0.25) is 0 Å². The van der Waals surface area contributed by atoms with Gasteiger partial charge in [0.15, 0.2) is 0 Å². The number of hydrogen-bond acceptors (Lipinski definition) is 3. The van der Waals surface area contributed by atoms with Crippen molar-refractivity contribution < 1.29 is 4.74 Å². The van der Waals surface area contributed by atoms with Crippen LogP contribution >= 0.6 is 0 Å². The summed E-state index contributed by atoms with van der Waals surface area (Å²) in [6.45, 7) is 9.87. The summed E-state index contributed by atoms with van der Waals surface area (Å²) in [6.07, 6.45) is 3.78. The Morgan fingerprint density at radius 1 is 1.24 bits per heavy atom. The lowest BCUT2D eigenvalue weighted by atomic mass is 9.97. The summed E-state index contributed by atoms with van der Waals surface area (Å²) in [5, 5.41) is 3.29. The molecule has 3 heteroatoms. The third-order valence-corrected chi connectivity index (χ3v) is 4.42. The highest BCUT2D eigenvalue weighted by Crippen LogP contribution is 2.20. The van der Waals surface area contributed by atoms with E-state index >= 15 is 0 Å². The van der Waals surface area contributed by atoms with E-state index in [1.165, 1.54) is 43.6 Å². The van der Waals surface area contributed by atoms with Crippen LogP contribution in [-0.4, -0.2) is 44.7 Å². The molecule has 1 fully saturated rings. The lowest BCUT2D eigenvalue weighted by Gasteiger charge is -2.31. The van der Waals surface area contributed by atoms with Crippen molar-refractivity contribution in [1.82, 2.24) is 10.2 Å². The second kappa shape index (κ2) is 8.40. The summed E-state index contributed by atoms with van der Waals surface area (Å²) in [5.74, 6) is 1.92. The summed E-state index contributed by atoms with van der Waals surface area (Å²) < 4.78 is 5.93. The van der Waals surface area contributed by atoms with Crippen LogP contribution in [0.25, 0.3) is 0 Å². The Kier molecular flexibility index (Phi) is 6.52. The Hall–Kier alpha value is -1.06. The van der Waals surface area contributed by atoms with E-state index in [0.717, 1.165) is 31.2 Å². The molecule has 21 heavy (non-hydrogen) atoms. The largest absolute Gasteiger partial charge is 0.493 e. The molecule has 1 N–H and O–H groups in total. The van der Waals surface area contributed by atoms with Crippen molar-refractivity contribution in [2.75, 3.05) is 39.8 Å². The fourth-order valence-electron chi connectivity index (χ4n) is 3.04. The number of likely N-dealkylation sites (tertiary alicyclic amines) is 1. The molecule has 0 aliphatic carbocycles. The Balaban J connectivity index is 1.63. The zero-order chi connectivity index (χ0) is 15.1. The van der Waals surface area contributed by atoms with E-state index in [9.17, 15) is 0 Å². The van der Waals surface area contributed by atoms with Crippen molar-refractivity contribution in [3.63, 3.8) is 0 Å². The molecule has 1 aromatic carbocycles. The standard InChI is InChI=1S/C18H30N2O/c1-15-5-6-16(2)18(13-15)21-12-4-9-20-10-7-17(8-11-20)14-19-3/h5-6,13,17,19H,4,7-12,14H2,1-3H3. The fraction of sp³-hybridized carbons (Fsp3) is 0.667. The molecular formula is C18H30N2O. The molecule has 1 aliphatic heterocycles. The first-order valence-corrected chi connectivity index (χ1v) is 8.26. The molecule has 0 amide bonds. The summed E-state index contributed by atoms with van der Waals surface area (Å²) in [4.78, 5) is 2.58. The molecule has 1 heterocycles. The zero-order valence-corrected chi connectivity index (χ0v) is 13.8. The number of hydrogen-bond donors (Lipinski definition) is 1. The molecule has 0 radical (unpaired) electrons. The maximum absolute atomic E-state index is 5.93. The summed E-state index contributed by atoms with van der Waals surface area (Å²) in [5.41, 5.74) is 2.50. The first-order chi connectivity index (χ1) is 10.2. The van der Waals surface area contributed by atoms with E-state index in [1.807, 2.05) is 0 Å². The topological polar surface area (TPSA) is 24.5 Å². The van der Waals surface area contributed by atoms with E-state index in [-0.39, 0.29) is 0 Å². The number of rotatable bonds is 7. The normalized spacial score (nSPS) is 17.1. The smallest absolute Gasteiger partial charge is 0.122 e. The molecule has 0 atom stereocenters. The minimum atomic E-state index is 0.820. The number of nitrogens with zero attached hydrogens (tertiary/aromatic N) is 1. The number of benzene rings is 1. The van der Waals surface area contributed by atoms with Gasteiger partial charge in [-0.15, -0.1) is 0 Å². The maximum atomic E-state index is 5.93. The number of ether oxygens (including phenoxy) is 1. The van der Waals surface area contributed by atoms with Gasteiger partial charge in [-0.3, -0.25) is 0 Å². The van der Waals surface area contributed by atoms with Gasteiger partial charge in [-0.25, -0.2) is 0 Å². The number of aryl methyl sites for hydroxylation is 2. The molecular weight excluding hydrogens is 260 g/mol. The van der Waals surface area contributed by atoms with Crippen molar-refractivity contribution in [2.45, 2.75) is 33.1 Å². The molecule has 1 aliphatic rings. The summed E-state index contributed by atoms with van der Waals surface area (Å²) in [7, 11) is 2.05. The highest BCUT2D eigenvalue weighted by molar-refractivity contribution is 5.35. The van der Waals surface area contributed by atoms with Gasteiger partial charge in [-0.1, -0.05) is 12.1 Å². The van der Waals surface area contributed by atoms with Gasteiger partial charge in [-0.2, -0.15) is 0 Å². The first-order valence-electron chi connectivity index (χ1n) is 8.26. The van der Waals surface area contributed by atoms with Crippen LogP contribution in [0.3, 0.4) is 0 Å². The van der Waals surface area contributed by atoms with E-state index in [1.54, 1.807) is 0 Å². The minimum absolute atomic E-state index is 0.820. The summed E-state index contributed by atoms with van der Waals surface area (Å²) in [6, 6.07) is 6.41. The van der Waals surface area contributed by atoms with Gasteiger partial charge in [0.25, 0.3) is 0 Å². The summed E-state index contributed by atoms with van der Waals surface area (Å²) >= 11 is 0. The van der Waals surface area contributed by atoms with Crippen LogP contribution in [0.5, 0.6) is 5.75 Å². The number of nitrogens with one attached hydrogen (secondary N) is 1. The minimum Gasteiger partial charge on any atom is -0.493 e. The molecule has 1 aromatic rings. The Morgan fingerprint density at radius 3 is 2.71 bits per heavy atom. The highest BCUT2D eigenvalue weighted by Gasteiger charge is 2.17. The van der Waals surface area contributed by atoms with Gasteiger partial charge in [0, 0.05) is 6.54 Å². The quantitative estimate of drug-likeness (QED) is 0.781. The van der Waals surface area contributed by atoms with Gasteiger partial charge in [0.2, 0.25) is 0 Å². The van der Waals surface area contributed by atoms with E-state index < -0.39 is 0 Å². The predicted octanol–water partition coefficient (Wildman–Crippen LogP) is 3.00. The molecule has 2 rings (SSSR count). The predicted molar refractivity (Wildman–Crippen MR) is 89.1 cm³/mol. The SMILES string of the molecule is CNCC1CCN(CCCOc2cc(C)ccc2C)CC1. The van der Waals surface area contributed by atoms with Gasteiger partial charge < -0.3 is 15.0 Å². The first kappa shape index (κ1) is 16.3. The molecule has 118 valence electrons. The van der Waals surface area contributed by atoms with Crippen molar-refractivity contribution in [3.05, 3.63) is 29.3 Å². The van der Waals surface area contributed by atoms with Gasteiger partial charge >= 0.3 is 0 Å².